The summed E-state index contributed by atoms with van der Waals surface area (Å²) in [7, 11) is 0. The first kappa shape index (κ1) is 11.4. The molecule has 4 heteroatoms. The van der Waals surface area contributed by atoms with Gasteiger partial charge in [-0.25, -0.2) is 4.98 Å². The highest BCUT2D eigenvalue weighted by Crippen LogP contribution is 2.32. The summed E-state index contributed by atoms with van der Waals surface area (Å²) in [6.07, 6.45) is 5.64. The largest absolute Gasteiger partial charge is 0.360 e. The summed E-state index contributed by atoms with van der Waals surface area (Å²) in [6.45, 7) is 0. The van der Waals surface area contributed by atoms with Crippen molar-refractivity contribution in [2.75, 3.05) is 0 Å². The van der Waals surface area contributed by atoms with Crippen molar-refractivity contribution in [2.45, 2.75) is 0 Å². The van der Waals surface area contributed by atoms with E-state index in [4.69, 9.17) is 4.98 Å². The Kier molecular flexibility index (Phi) is 2.60. The first-order valence-corrected chi connectivity index (χ1v) is 7.22. The highest BCUT2D eigenvalue weighted by Gasteiger charge is 2.10. The van der Waals surface area contributed by atoms with Gasteiger partial charge in [0.15, 0.2) is 0 Å². The molecule has 20 heavy (non-hydrogen) atoms. The normalized spacial score (nSPS) is 11.0. The van der Waals surface area contributed by atoms with Crippen molar-refractivity contribution in [3.63, 3.8) is 0 Å². The second-order valence-electron chi connectivity index (χ2n) is 4.53. The maximum atomic E-state index is 4.73. The summed E-state index contributed by atoms with van der Waals surface area (Å²) in [6, 6.07) is 12.2. The van der Waals surface area contributed by atoms with Crippen LogP contribution < -0.4 is 0 Å². The number of nitrogens with zero attached hydrogens (tertiary/aromatic N) is 2. The molecule has 3 nitrogen and oxygen atoms in total. The van der Waals surface area contributed by atoms with Crippen molar-refractivity contribution in [3.8, 4) is 21.8 Å². The summed E-state index contributed by atoms with van der Waals surface area (Å²) in [5.41, 5.74) is 4.35. The predicted molar refractivity (Wildman–Crippen MR) is 82.6 cm³/mol. The zero-order valence-electron chi connectivity index (χ0n) is 10.6. The van der Waals surface area contributed by atoms with Crippen LogP contribution in [0, 0.1) is 0 Å². The van der Waals surface area contributed by atoms with Crippen LogP contribution in [0.3, 0.4) is 0 Å². The number of aromatic nitrogens is 3. The molecule has 1 aromatic carbocycles. The number of nitrogens with one attached hydrogen (secondary N) is 1. The average Bonchev–Trinajstić information content (AvgIpc) is 3.14. The van der Waals surface area contributed by atoms with Crippen molar-refractivity contribution in [2.24, 2.45) is 0 Å². The Bertz CT molecular complexity index is 861. The van der Waals surface area contributed by atoms with E-state index in [1.165, 1.54) is 5.39 Å². The van der Waals surface area contributed by atoms with E-state index < -0.39 is 0 Å². The summed E-state index contributed by atoms with van der Waals surface area (Å²) >= 11 is 1.64. The van der Waals surface area contributed by atoms with Crippen LogP contribution in [0.15, 0.2) is 60.4 Å². The molecule has 0 amide bonds. The molecule has 0 saturated carbocycles. The molecule has 4 rings (SSSR count). The summed E-state index contributed by atoms with van der Waals surface area (Å²) < 4.78 is 0. The van der Waals surface area contributed by atoms with Crippen molar-refractivity contribution in [3.05, 3.63) is 60.4 Å². The quantitative estimate of drug-likeness (QED) is 0.591. The van der Waals surface area contributed by atoms with Crippen LogP contribution in [0.5, 0.6) is 0 Å². The molecule has 0 fully saturated rings. The number of benzene rings is 1. The molecule has 3 aromatic heterocycles. The SMILES string of the molecule is c1cncc(-c2nc(-c3c[nH]c4ccccc34)cs2)c1. The highest BCUT2D eigenvalue weighted by atomic mass is 32.1. The van der Waals surface area contributed by atoms with Crippen molar-refractivity contribution in [1.82, 2.24) is 15.0 Å². The summed E-state index contributed by atoms with van der Waals surface area (Å²) in [4.78, 5) is 12.2. The number of pyridine rings is 1. The average molecular weight is 277 g/mol. The number of rotatable bonds is 2. The fourth-order valence-electron chi connectivity index (χ4n) is 2.30. The van der Waals surface area contributed by atoms with Crippen LogP contribution in [0.25, 0.3) is 32.7 Å². The van der Waals surface area contributed by atoms with Crippen LogP contribution >= 0.6 is 11.3 Å². The lowest BCUT2D eigenvalue weighted by Crippen LogP contribution is -1.79. The maximum absolute atomic E-state index is 4.73. The van der Waals surface area contributed by atoms with Crippen molar-refractivity contribution in [1.29, 1.82) is 0 Å². The van der Waals surface area contributed by atoms with E-state index in [1.54, 1.807) is 17.5 Å². The first-order valence-electron chi connectivity index (χ1n) is 6.34. The molecule has 96 valence electrons. The topological polar surface area (TPSA) is 41.6 Å². The highest BCUT2D eigenvalue weighted by molar-refractivity contribution is 7.13. The lowest BCUT2D eigenvalue weighted by molar-refractivity contribution is 1.31. The van der Waals surface area contributed by atoms with Crippen LogP contribution in [0.4, 0.5) is 0 Å². The third kappa shape index (κ3) is 1.82. The molecule has 0 atom stereocenters. The number of thiazole rings is 1. The first-order chi connectivity index (χ1) is 9.92. The zero-order valence-corrected chi connectivity index (χ0v) is 11.4. The molecule has 0 unspecified atom stereocenters. The number of hydrogen-bond donors (Lipinski definition) is 1. The molecule has 0 aliphatic rings. The minimum Gasteiger partial charge on any atom is -0.360 e. The number of aromatic amines is 1. The summed E-state index contributed by atoms with van der Waals surface area (Å²) in [5, 5.41) is 4.30. The molecule has 0 spiro atoms. The molecule has 1 N–H and O–H groups in total. The van der Waals surface area contributed by atoms with Gasteiger partial charge in [-0.2, -0.15) is 0 Å². The number of para-hydroxylation sites is 1. The second kappa shape index (κ2) is 4.58. The number of hydrogen-bond acceptors (Lipinski definition) is 3. The van der Waals surface area contributed by atoms with Gasteiger partial charge < -0.3 is 4.98 Å². The molecule has 0 aliphatic heterocycles. The molecule has 0 bridgehead atoms. The Balaban J connectivity index is 1.82. The van der Waals surface area contributed by atoms with Gasteiger partial charge in [0.25, 0.3) is 0 Å². The third-order valence-electron chi connectivity index (χ3n) is 3.28. The van der Waals surface area contributed by atoms with Crippen molar-refractivity contribution >= 4 is 22.2 Å². The van der Waals surface area contributed by atoms with Gasteiger partial charge in [-0.3, -0.25) is 4.98 Å². The minimum atomic E-state index is 0.999. The maximum Gasteiger partial charge on any atom is 0.125 e. The molecule has 3 heterocycles. The lowest BCUT2D eigenvalue weighted by atomic mass is 10.1. The lowest BCUT2D eigenvalue weighted by Gasteiger charge is -1.95. The zero-order chi connectivity index (χ0) is 13.4. The molecule has 0 saturated heterocycles. The van der Waals surface area contributed by atoms with E-state index in [2.05, 4.69) is 27.5 Å². The minimum absolute atomic E-state index is 0.999. The van der Waals surface area contributed by atoms with E-state index in [0.29, 0.717) is 0 Å². The molecule has 4 aromatic rings. The molecule has 0 radical (unpaired) electrons. The van der Waals surface area contributed by atoms with Gasteiger partial charge in [0, 0.05) is 46.0 Å². The fourth-order valence-corrected chi connectivity index (χ4v) is 3.11. The summed E-state index contributed by atoms with van der Waals surface area (Å²) in [5.74, 6) is 0. The van der Waals surface area contributed by atoms with E-state index in [9.17, 15) is 0 Å². The van der Waals surface area contributed by atoms with Crippen LogP contribution in [0.2, 0.25) is 0 Å². The molecule has 0 aliphatic carbocycles. The van der Waals surface area contributed by atoms with Crippen LogP contribution in [-0.4, -0.2) is 15.0 Å². The van der Waals surface area contributed by atoms with Crippen LogP contribution in [0.1, 0.15) is 0 Å². The van der Waals surface area contributed by atoms with Gasteiger partial charge in [0.2, 0.25) is 0 Å². The molecular formula is C16H11N3S. The van der Waals surface area contributed by atoms with E-state index in [0.717, 1.165) is 27.3 Å². The van der Waals surface area contributed by atoms with Crippen LogP contribution in [-0.2, 0) is 0 Å². The van der Waals surface area contributed by atoms with E-state index >= 15 is 0 Å². The van der Waals surface area contributed by atoms with Gasteiger partial charge in [0.05, 0.1) is 5.69 Å². The standard InChI is InChI=1S/C16H11N3S/c1-2-6-14-12(5-1)13(9-18-14)15-10-20-16(19-15)11-4-3-7-17-8-11/h1-10,18H. The Morgan fingerprint density at radius 1 is 1.05 bits per heavy atom. The smallest absolute Gasteiger partial charge is 0.125 e. The van der Waals surface area contributed by atoms with Gasteiger partial charge in [0.1, 0.15) is 5.01 Å². The van der Waals surface area contributed by atoms with E-state index in [-0.39, 0.29) is 0 Å². The second-order valence-corrected chi connectivity index (χ2v) is 5.39. The third-order valence-corrected chi connectivity index (χ3v) is 4.17. The molecular weight excluding hydrogens is 266 g/mol. The monoisotopic (exact) mass is 277 g/mol. The Labute approximate surface area is 120 Å². The predicted octanol–water partition coefficient (Wildman–Crippen LogP) is 4.35. The van der Waals surface area contributed by atoms with Gasteiger partial charge in [-0.15, -0.1) is 11.3 Å². The van der Waals surface area contributed by atoms with Gasteiger partial charge >= 0.3 is 0 Å². The van der Waals surface area contributed by atoms with Gasteiger partial charge in [-0.1, -0.05) is 18.2 Å². The van der Waals surface area contributed by atoms with E-state index in [1.807, 2.05) is 36.7 Å². The Morgan fingerprint density at radius 3 is 2.90 bits per heavy atom. The van der Waals surface area contributed by atoms with Gasteiger partial charge in [-0.05, 0) is 18.2 Å². The Hall–Kier alpha value is -2.46. The Morgan fingerprint density at radius 2 is 2.00 bits per heavy atom. The fraction of sp³-hybridized carbons (Fsp3) is 0. The number of H-pyrrole nitrogens is 1. The van der Waals surface area contributed by atoms with Crippen molar-refractivity contribution < 1.29 is 0 Å². The number of fused-ring (bicyclic) bond motifs is 1.